The highest BCUT2D eigenvalue weighted by Crippen LogP contribution is 2.39. The number of aliphatic hydroxyl groups is 8. The Hall–Kier alpha value is -0.680. The van der Waals surface area contributed by atoms with Gasteiger partial charge in [0.1, 0.15) is 0 Å². The van der Waals surface area contributed by atoms with Gasteiger partial charge in [-0.3, -0.25) is 28.8 Å². The van der Waals surface area contributed by atoms with Crippen LogP contribution in [0.4, 0.5) is 11.4 Å². The molecular weight excluding hydrogens is 1480 g/mol. The third-order valence-corrected chi connectivity index (χ3v) is 15.0. The van der Waals surface area contributed by atoms with Gasteiger partial charge in [0.25, 0.3) is 35.4 Å². The van der Waals surface area contributed by atoms with Crippen LogP contribution in [-0.4, -0.2) is 201 Å². The summed E-state index contributed by atoms with van der Waals surface area (Å²) in [6.45, 7) is -3.89. The highest BCUT2D eigenvalue weighted by Gasteiger charge is 2.34. The van der Waals surface area contributed by atoms with Gasteiger partial charge in [-0.05, 0) is 136 Å². The molecule has 20 nitrogen and oxygen atoms in total. The molecule has 0 saturated carbocycles. The van der Waals surface area contributed by atoms with E-state index in [2.05, 4.69) is 10.6 Å². The Labute approximate surface area is 426 Å². The number of hydrogen-bond donors (Lipinski definition) is 10. The molecule has 2 aromatic rings. The van der Waals surface area contributed by atoms with E-state index in [1.165, 1.54) is 38.0 Å². The molecule has 0 bridgehead atoms. The first kappa shape index (κ1) is 55.5. The lowest BCUT2D eigenvalue weighted by atomic mass is 10.1. The van der Waals surface area contributed by atoms with Gasteiger partial charge in [-0.2, -0.15) is 0 Å². The van der Waals surface area contributed by atoms with Gasteiger partial charge in [0, 0.05) is 61.5 Å². The Morgan fingerprint density at radius 3 is 0.933 bits per heavy atom. The molecule has 0 radical (unpaired) electrons. The molecule has 10 N–H and O–H groups in total. The van der Waals surface area contributed by atoms with Crippen molar-refractivity contribution in [2.75, 3.05) is 91.4 Å². The van der Waals surface area contributed by atoms with Crippen LogP contribution in [0.15, 0.2) is 0 Å². The molecule has 0 aromatic heterocycles. The molecule has 0 aliphatic rings. The average Bonchev–Trinajstić information content (AvgIpc) is 3.21. The number of nitrogens with one attached hydrogen (secondary N) is 2. The Balaban J connectivity index is 2.65. The van der Waals surface area contributed by atoms with Crippen LogP contribution in [0.2, 0.25) is 0 Å². The lowest BCUT2D eigenvalue weighted by Crippen LogP contribution is -2.40. The van der Waals surface area contributed by atoms with Gasteiger partial charge in [0.15, 0.2) is 12.2 Å². The van der Waals surface area contributed by atoms with E-state index in [1.54, 1.807) is 90.4 Å². The first-order chi connectivity index (χ1) is 27.9. The minimum Gasteiger partial charge on any atom is -0.394 e. The first-order valence-corrected chi connectivity index (χ1v) is 23.6. The Morgan fingerprint density at radius 1 is 0.450 bits per heavy atom. The summed E-state index contributed by atoms with van der Waals surface area (Å²) >= 11 is 10.8. The SMILES string of the molecule is CN(CCN(C)C(=O)c1c(I)c(NC(=O)C(O)CO)c(I)c(C(=O)N(C)CC(O)CO)c1I)C(=O)c1c(I)c(NC(=O)C(O)CO)c(I)c(C(=O)N(C)CC(O)CO)c1I. The molecule has 2 rings (SSSR count). The second-order valence-electron chi connectivity index (χ2n) is 13.0. The van der Waals surface area contributed by atoms with Crippen molar-refractivity contribution in [3.8, 4) is 0 Å². The lowest BCUT2D eigenvalue weighted by molar-refractivity contribution is -0.126. The van der Waals surface area contributed by atoms with Crippen molar-refractivity contribution < 1.29 is 69.6 Å². The number of likely N-dealkylation sites (N-methyl/N-ethyl adjacent to an activating group) is 4. The zero-order chi connectivity index (χ0) is 46.1. The predicted octanol–water partition coefficient (Wildman–Crippen LogP) is -0.408. The molecule has 4 unspecified atom stereocenters. The molecule has 0 aliphatic heterocycles. The van der Waals surface area contributed by atoms with Crippen LogP contribution in [0.5, 0.6) is 0 Å². The Kier molecular flexibility index (Phi) is 23.2. The number of amides is 6. The minimum absolute atomic E-state index is 0.0169. The van der Waals surface area contributed by atoms with Gasteiger partial charge in [-0.1, -0.05) is 0 Å². The van der Waals surface area contributed by atoms with Gasteiger partial charge in [-0.25, -0.2) is 0 Å². The lowest BCUT2D eigenvalue weighted by Gasteiger charge is -2.28. The quantitative estimate of drug-likeness (QED) is 0.0801. The van der Waals surface area contributed by atoms with Gasteiger partial charge in [0.2, 0.25) is 0 Å². The van der Waals surface area contributed by atoms with Crippen molar-refractivity contribution in [1.82, 2.24) is 19.6 Å². The van der Waals surface area contributed by atoms with Crippen LogP contribution in [0.1, 0.15) is 41.4 Å². The van der Waals surface area contributed by atoms with Crippen LogP contribution < -0.4 is 10.6 Å². The number of aliphatic hydroxyl groups excluding tert-OH is 8. The van der Waals surface area contributed by atoms with E-state index in [-0.39, 0.29) is 81.2 Å². The van der Waals surface area contributed by atoms with Crippen LogP contribution in [-0.2, 0) is 9.59 Å². The van der Waals surface area contributed by atoms with E-state index in [1.807, 2.05) is 45.2 Å². The summed E-state index contributed by atoms with van der Waals surface area (Å²) < 4.78 is 1.03. The summed E-state index contributed by atoms with van der Waals surface area (Å²) in [6, 6.07) is 0. The zero-order valence-electron chi connectivity index (χ0n) is 32.1. The van der Waals surface area contributed by atoms with Gasteiger partial charge in [-0.15, -0.1) is 0 Å². The van der Waals surface area contributed by atoms with Crippen molar-refractivity contribution in [1.29, 1.82) is 0 Å². The molecule has 6 amide bonds. The number of rotatable bonds is 19. The van der Waals surface area contributed by atoms with Crippen LogP contribution in [0.3, 0.4) is 0 Å². The maximum atomic E-state index is 14.3. The third kappa shape index (κ3) is 13.4. The second-order valence-corrected chi connectivity index (χ2v) is 19.5. The average molecular weight is 1520 g/mol. The monoisotopic (exact) mass is 1520 g/mol. The van der Waals surface area contributed by atoms with Crippen molar-refractivity contribution in [2.24, 2.45) is 0 Å². The number of carbonyl (C=O) groups is 6. The largest absolute Gasteiger partial charge is 0.394 e. The molecule has 0 heterocycles. The van der Waals surface area contributed by atoms with Crippen molar-refractivity contribution in [3.63, 3.8) is 0 Å². The van der Waals surface area contributed by atoms with Crippen LogP contribution in [0.25, 0.3) is 0 Å². The number of benzene rings is 2. The first-order valence-electron chi connectivity index (χ1n) is 17.1. The summed E-state index contributed by atoms with van der Waals surface area (Å²) in [5.74, 6) is -4.70. The summed E-state index contributed by atoms with van der Waals surface area (Å²) in [7, 11) is 5.58. The zero-order valence-corrected chi connectivity index (χ0v) is 45.0. The van der Waals surface area contributed by atoms with E-state index < -0.39 is 86.3 Å². The maximum absolute atomic E-state index is 14.3. The highest BCUT2D eigenvalue weighted by molar-refractivity contribution is 14.1. The van der Waals surface area contributed by atoms with Gasteiger partial charge >= 0.3 is 0 Å². The number of halogens is 6. The predicted molar refractivity (Wildman–Crippen MR) is 267 cm³/mol. The molecule has 0 fully saturated rings. The van der Waals surface area contributed by atoms with E-state index in [0.29, 0.717) is 0 Å². The fourth-order valence-corrected chi connectivity index (χ4v) is 13.8. The van der Waals surface area contributed by atoms with Crippen molar-refractivity contribution in [3.05, 3.63) is 43.7 Å². The fourth-order valence-electron chi connectivity index (χ4n) is 5.06. The van der Waals surface area contributed by atoms with E-state index in [9.17, 15) is 69.6 Å². The molecule has 334 valence electrons. The van der Waals surface area contributed by atoms with E-state index in [4.69, 9.17) is 0 Å². The fraction of sp³-hybridized carbons (Fsp3) is 0.471. The van der Waals surface area contributed by atoms with Gasteiger partial charge < -0.3 is 71.1 Å². The standard InChI is InChI=1S/C34H42I6N6O14/c1-43(31(57)17-21(35)19(33(59)45(3)7-13(51)9-47)25(39)27(23(17)37)41-29(55)15(53)11-49)5-6-44(2)32(58)18-22(36)20(34(60)46(4)8-14(52)10-48)26(40)28(24(18)38)42-30(56)16(54)12-50/h13-16,47-54H,5-12H2,1-4H3,(H,41,55)(H,42,56). The molecule has 0 spiro atoms. The van der Waals surface area contributed by atoms with E-state index in [0.717, 1.165) is 9.80 Å². The smallest absolute Gasteiger partial charge is 0.255 e. The van der Waals surface area contributed by atoms with Crippen molar-refractivity contribution >= 4 is 182 Å². The summed E-state index contributed by atoms with van der Waals surface area (Å²) in [5.41, 5.74) is -0.185. The van der Waals surface area contributed by atoms with Gasteiger partial charge in [0.05, 0.1) is 86.5 Å². The third-order valence-electron chi connectivity index (χ3n) is 8.49. The molecule has 2 aromatic carbocycles. The molecule has 60 heavy (non-hydrogen) atoms. The number of carbonyl (C=O) groups excluding carboxylic acids is 6. The van der Waals surface area contributed by atoms with E-state index >= 15 is 0 Å². The van der Waals surface area contributed by atoms with Crippen LogP contribution in [0, 0.1) is 21.4 Å². The molecule has 4 atom stereocenters. The maximum Gasteiger partial charge on any atom is 0.255 e. The number of nitrogens with zero attached hydrogens (tertiary/aromatic N) is 4. The molecular formula is C34H42I6N6O14. The van der Waals surface area contributed by atoms with Crippen molar-refractivity contribution in [2.45, 2.75) is 24.4 Å². The topological polar surface area (TPSA) is 301 Å². The minimum atomic E-state index is -1.83. The molecule has 26 heteroatoms. The normalized spacial score (nSPS) is 13.2. The summed E-state index contributed by atoms with van der Waals surface area (Å²) in [4.78, 5) is 86.3. The number of anilines is 2. The summed E-state index contributed by atoms with van der Waals surface area (Å²) in [6.07, 6.45) is -6.22. The Bertz CT molecular complexity index is 1840. The molecule has 0 saturated heterocycles. The number of hydrogen-bond acceptors (Lipinski definition) is 14. The summed E-state index contributed by atoms with van der Waals surface area (Å²) in [5, 5.41) is 82.4. The molecule has 0 aliphatic carbocycles. The Morgan fingerprint density at radius 2 is 0.700 bits per heavy atom. The second kappa shape index (κ2) is 25.1. The highest BCUT2D eigenvalue weighted by atomic mass is 127. The van der Waals surface area contributed by atoms with Crippen LogP contribution >= 0.6 is 136 Å².